The molecule has 1 fully saturated rings. The van der Waals surface area contributed by atoms with Gasteiger partial charge in [0.1, 0.15) is 11.8 Å². The van der Waals surface area contributed by atoms with Gasteiger partial charge in [-0.1, -0.05) is 12.8 Å². The zero-order chi connectivity index (χ0) is 14.8. The summed E-state index contributed by atoms with van der Waals surface area (Å²) in [6, 6.07) is 3.80. The van der Waals surface area contributed by atoms with Crippen molar-refractivity contribution in [3.63, 3.8) is 0 Å². The Hall–Kier alpha value is -2.75. The van der Waals surface area contributed by atoms with Crippen molar-refractivity contribution in [2.75, 3.05) is 0 Å². The van der Waals surface area contributed by atoms with Crippen molar-refractivity contribution in [2.45, 2.75) is 31.6 Å². The van der Waals surface area contributed by atoms with Crippen molar-refractivity contribution >= 4 is 0 Å². The number of aromatic nitrogens is 4. The summed E-state index contributed by atoms with van der Waals surface area (Å²) in [7, 11) is 0. The van der Waals surface area contributed by atoms with Crippen LogP contribution in [-0.4, -0.2) is 20.2 Å². The van der Waals surface area contributed by atoms with Crippen LogP contribution in [0.5, 0.6) is 0 Å². The van der Waals surface area contributed by atoms with Crippen molar-refractivity contribution in [1.29, 1.82) is 5.26 Å². The van der Waals surface area contributed by atoms with Crippen LogP contribution < -0.4 is 11.2 Å². The van der Waals surface area contributed by atoms with Gasteiger partial charge in [0.2, 0.25) is 0 Å². The molecule has 1 saturated carbocycles. The first-order valence-electron chi connectivity index (χ1n) is 6.79. The van der Waals surface area contributed by atoms with E-state index in [0.717, 1.165) is 31.2 Å². The minimum Gasteiger partial charge on any atom is -0.313 e. The molecule has 7 nitrogen and oxygen atoms in total. The predicted octanol–water partition coefficient (Wildman–Crippen LogP) is 1.05. The highest BCUT2D eigenvalue weighted by atomic mass is 16.2. The summed E-state index contributed by atoms with van der Waals surface area (Å²) in [4.78, 5) is 27.4. The van der Waals surface area contributed by atoms with E-state index in [0.29, 0.717) is 11.4 Å². The van der Waals surface area contributed by atoms with E-state index in [1.54, 1.807) is 6.07 Å². The number of hydrogen-bond acceptors (Lipinski definition) is 5. The quantitative estimate of drug-likeness (QED) is 0.854. The molecule has 0 radical (unpaired) electrons. The number of hydrogen-bond donors (Lipinski definition) is 2. The van der Waals surface area contributed by atoms with Crippen LogP contribution in [0.15, 0.2) is 21.9 Å². The maximum Gasteiger partial charge on any atom is 0.325 e. The fourth-order valence-electron chi connectivity index (χ4n) is 2.77. The average Bonchev–Trinajstić information content (AvgIpc) is 3.01. The van der Waals surface area contributed by atoms with Gasteiger partial charge < -0.3 is 4.98 Å². The number of nitrogens with one attached hydrogen (secondary N) is 2. The molecule has 21 heavy (non-hydrogen) atoms. The van der Waals surface area contributed by atoms with Gasteiger partial charge >= 0.3 is 5.69 Å². The van der Waals surface area contributed by atoms with Crippen LogP contribution in [0.4, 0.5) is 0 Å². The summed E-state index contributed by atoms with van der Waals surface area (Å²) in [6.07, 6.45) is 5.61. The molecule has 0 amide bonds. The molecule has 106 valence electrons. The summed E-state index contributed by atoms with van der Waals surface area (Å²) in [5.74, 6) is 0.288. The number of nitriles is 1. The Morgan fingerprint density at radius 3 is 2.67 bits per heavy atom. The molecule has 2 heterocycles. The van der Waals surface area contributed by atoms with Crippen molar-refractivity contribution in [3.8, 4) is 17.3 Å². The third-order valence-corrected chi connectivity index (χ3v) is 3.82. The zero-order valence-electron chi connectivity index (χ0n) is 11.2. The average molecular weight is 283 g/mol. The lowest BCUT2D eigenvalue weighted by atomic mass is 9.95. The Kier molecular flexibility index (Phi) is 3.36. The van der Waals surface area contributed by atoms with E-state index in [4.69, 9.17) is 5.26 Å². The molecule has 2 aromatic rings. The second-order valence-corrected chi connectivity index (χ2v) is 5.11. The van der Waals surface area contributed by atoms with E-state index in [-0.39, 0.29) is 11.5 Å². The third kappa shape index (κ3) is 2.48. The van der Waals surface area contributed by atoms with Crippen molar-refractivity contribution < 1.29 is 0 Å². The Bertz CT molecular complexity index is 824. The van der Waals surface area contributed by atoms with Crippen molar-refractivity contribution in [1.82, 2.24) is 20.2 Å². The minimum absolute atomic E-state index is 0.242. The standard InChI is InChI=1S/C14H13N5O2/c15-6-12-9(8-3-1-2-4-8)5-11(18-19-12)10-7-16-14(21)17-13(10)20/h5,7-8H,1-4H2,(H2,16,17,20,21). The van der Waals surface area contributed by atoms with Gasteiger partial charge in [0.25, 0.3) is 5.56 Å². The minimum atomic E-state index is -0.568. The topological polar surface area (TPSA) is 115 Å². The molecule has 0 spiro atoms. The first-order valence-corrected chi connectivity index (χ1v) is 6.79. The van der Waals surface area contributed by atoms with Gasteiger partial charge in [0.05, 0.1) is 5.56 Å². The lowest BCUT2D eigenvalue weighted by Gasteiger charge is -2.11. The summed E-state index contributed by atoms with van der Waals surface area (Å²) in [5, 5.41) is 17.0. The molecule has 2 aromatic heterocycles. The molecule has 1 aliphatic carbocycles. The molecule has 3 rings (SSSR count). The number of H-pyrrole nitrogens is 2. The fourth-order valence-corrected chi connectivity index (χ4v) is 2.77. The Morgan fingerprint density at radius 1 is 1.24 bits per heavy atom. The normalized spacial score (nSPS) is 15.0. The highest BCUT2D eigenvalue weighted by molar-refractivity contribution is 5.58. The molecule has 7 heteroatoms. The predicted molar refractivity (Wildman–Crippen MR) is 74.6 cm³/mol. The lowest BCUT2D eigenvalue weighted by Crippen LogP contribution is -2.23. The monoisotopic (exact) mass is 283 g/mol. The van der Waals surface area contributed by atoms with Crippen LogP contribution in [0.1, 0.15) is 42.9 Å². The molecule has 0 aliphatic heterocycles. The number of nitrogens with zero attached hydrogens (tertiary/aromatic N) is 3. The molecule has 0 unspecified atom stereocenters. The second kappa shape index (κ2) is 5.32. The van der Waals surface area contributed by atoms with Crippen LogP contribution in [0, 0.1) is 11.3 Å². The first-order chi connectivity index (χ1) is 10.2. The van der Waals surface area contributed by atoms with Gasteiger partial charge in [-0.15, -0.1) is 10.2 Å². The van der Waals surface area contributed by atoms with E-state index in [9.17, 15) is 9.59 Å². The lowest BCUT2D eigenvalue weighted by molar-refractivity contribution is 0.711. The largest absolute Gasteiger partial charge is 0.325 e. The smallest absolute Gasteiger partial charge is 0.313 e. The van der Waals surface area contributed by atoms with E-state index < -0.39 is 11.2 Å². The van der Waals surface area contributed by atoms with Crippen molar-refractivity contribution in [3.05, 3.63) is 44.4 Å². The van der Waals surface area contributed by atoms with Gasteiger partial charge in [-0.2, -0.15) is 5.26 Å². The second-order valence-electron chi connectivity index (χ2n) is 5.11. The van der Waals surface area contributed by atoms with Gasteiger partial charge in [0, 0.05) is 6.20 Å². The number of aromatic amines is 2. The van der Waals surface area contributed by atoms with Crippen LogP contribution in [-0.2, 0) is 0 Å². The molecular formula is C14H13N5O2. The van der Waals surface area contributed by atoms with Crippen LogP contribution in [0.25, 0.3) is 11.3 Å². The van der Waals surface area contributed by atoms with E-state index in [1.165, 1.54) is 6.20 Å². The van der Waals surface area contributed by atoms with Crippen LogP contribution in [0.2, 0.25) is 0 Å². The highest BCUT2D eigenvalue weighted by Crippen LogP contribution is 2.35. The molecule has 0 saturated heterocycles. The van der Waals surface area contributed by atoms with Gasteiger partial charge in [0.15, 0.2) is 5.69 Å². The molecule has 0 bridgehead atoms. The summed E-state index contributed by atoms with van der Waals surface area (Å²) in [5.41, 5.74) is 0.674. The summed E-state index contributed by atoms with van der Waals surface area (Å²) in [6.45, 7) is 0. The van der Waals surface area contributed by atoms with E-state index in [1.807, 2.05) is 0 Å². The summed E-state index contributed by atoms with van der Waals surface area (Å²) >= 11 is 0. The number of rotatable bonds is 2. The van der Waals surface area contributed by atoms with Crippen LogP contribution >= 0.6 is 0 Å². The Morgan fingerprint density at radius 2 is 2.00 bits per heavy atom. The zero-order valence-corrected chi connectivity index (χ0v) is 11.2. The van der Waals surface area contributed by atoms with E-state index >= 15 is 0 Å². The molecule has 0 aromatic carbocycles. The highest BCUT2D eigenvalue weighted by Gasteiger charge is 2.22. The van der Waals surface area contributed by atoms with E-state index in [2.05, 4.69) is 26.2 Å². The fraction of sp³-hybridized carbons (Fsp3) is 0.357. The van der Waals surface area contributed by atoms with Crippen LogP contribution in [0.3, 0.4) is 0 Å². The van der Waals surface area contributed by atoms with Gasteiger partial charge in [-0.05, 0) is 30.4 Å². The SMILES string of the molecule is N#Cc1nnc(-c2c[nH]c(=O)[nH]c2=O)cc1C1CCCC1. The summed E-state index contributed by atoms with van der Waals surface area (Å²) < 4.78 is 0. The Labute approximate surface area is 119 Å². The maximum atomic E-state index is 11.8. The molecule has 0 atom stereocenters. The maximum absolute atomic E-state index is 11.8. The third-order valence-electron chi connectivity index (χ3n) is 3.82. The Balaban J connectivity index is 2.12. The first kappa shape index (κ1) is 13.2. The molecule has 1 aliphatic rings. The van der Waals surface area contributed by atoms with Crippen molar-refractivity contribution in [2.24, 2.45) is 0 Å². The van der Waals surface area contributed by atoms with Gasteiger partial charge in [-0.3, -0.25) is 9.78 Å². The molecule has 2 N–H and O–H groups in total. The van der Waals surface area contributed by atoms with Gasteiger partial charge in [-0.25, -0.2) is 4.79 Å². The molecular weight excluding hydrogens is 270 g/mol.